The molecule has 0 radical (unpaired) electrons. The maximum atomic E-state index is 6.26. The van der Waals surface area contributed by atoms with Crippen LogP contribution < -0.4 is 4.90 Å². The van der Waals surface area contributed by atoms with E-state index in [9.17, 15) is 0 Å². The van der Waals surface area contributed by atoms with Crippen LogP contribution in [0.3, 0.4) is 0 Å². The summed E-state index contributed by atoms with van der Waals surface area (Å²) in [5.74, 6) is 0. The second kappa shape index (κ2) is 7.12. The highest BCUT2D eigenvalue weighted by Gasteiger charge is 2.26. The van der Waals surface area contributed by atoms with Crippen molar-refractivity contribution in [3.8, 4) is 0 Å². The number of halogens is 2. The first-order valence-electron chi connectivity index (χ1n) is 7.99. The maximum absolute atomic E-state index is 6.26. The molecular weight excluding hydrogens is 327 g/mol. The Kier molecular flexibility index (Phi) is 5.15. The first-order chi connectivity index (χ1) is 11.0. The Labute approximate surface area is 148 Å². The van der Waals surface area contributed by atoms with Crippen LogP contribution >= 0.6 is 23.2 Å². The number of anilines is 1. The zero-order valence-corrected chi connectivity index (χ0v) is 15.1. The van der Waals surface area contributed by atoms with Crippen LogP contribution in [0.4, 0.5) is 5.69 Å². The third-order valence-corrected chi connectivity index (χ3v) is 5.38. The van der Waals surface area contributed by atoms with Gasteiger partial charge in [0, 0.05) is 24.8 Å². The summed E-state index contributed by atoms with van der Waals surface area (Å²) in [6, 6.07) is 15.0. The van der Waals surface area contributed by atoms with Gasteiger partial charge in [-0.2, -0.15) is 0 Å². The van der Waals surface area contributed by atoms with Crippen molar-refractivity contribution in [2.45, 2.75) is 25.9 Å². The van der Waals surface area contributed by atoms with Gasteiger partial charge in [0.25, 0.3) is 0 Å². The highest BCUT2D eigenvalue weighted by Crippen LogP contribution is 2.31. The molecule has 1 fully saturated rings. The Morgan fingerprint density at radius 3 is 2.57 bits per heavy atom. The predicted octanol–water partition coefficient (Wildman–Crippen LogP) is 5.01. The van der Waals surface area contributed by atoms with E-state index in [2.05, 4.69) is 54.1 Å². The Morgan fingerprint density at radius 2 is 1.91 bits per heavy atom. The predicted molar refractivity (Wildman–Crippen MR) is 99.7 cm³/mol. The Hall–Kier alpha value is -1.22. The average molecular weight is 349 g/mol. The van der Waals surface area contributed by atoms with Crippen LogP contribution in [0.5, 0.6) is 0 Å². The van der Waals surface area contributed by atoms with Gasteiger partial charge in [0.05, 0.1) is 10.0 Å². The molecule has 0 N–H and O–H groups in total. The number of rotatable bonds is 4. The monoisotopic (exact) mass is 348 g/mol. The SMILES string of the molecule is Cc1ccccc1CN(c1ccc(Cl)c(Cl)c1)C1CCN(C)C1. The molecule has 1 atom stereocenters. The highest BCUT2D eigenvalue weighted by molar-refractivity contribution is 6.42. The van der Waals surface area contributed by atoms with E-state index >= 15 is 0 Å². The van der Waals surface area contributed by atoms with E-state index in [0.29, 0.717) is 16.1 Å². The zero-order valence-electron chi connectivity index (χ0n) is 13.6. The zero-order chi connectivity index (χ0) is 16.4. The summed E-state index contributed by atoms with van der Waals surface area (Å²) in [4.78, 5) is 4.85. The van der Waals surface area contributed by atoms with Gasteiger partial charge in [-0.1, -0.05) is 47.5 Å². The van der Waals surface area contributed by atoms with Crippen molar-refractivity contribution in [1.29, 1.82) is 0 Å². The highest BCUT2D eigenvalue weighted by atomic mass is 35.5. The second-order valence-corrected chi connectivity index (χ2v) is 7.17. The van der Waals surface area contributed by atoms with Crippen molar-refractivity contribution >= 4 is 28.9 Å². The lowest BCUT2D eigenvalue weighted by Gasteiger charge is -2.32. The molecule has 0 amide bonds. The molecule has 2 nitrogen and oxygen atoms in total. The fourth-order valence-electron chi connectivity index (χ4n) is 3.23. The van der Waals surface area contributed by atoms with Crippen LogP contribution in [0.1, 0.15) is 17.5 Å². The topological polar surface area (TPSA) is 6.48 Å². The molecule has 0 aromatic heterocycles. The summed E-state index contributed by atoms with van der Waals surface area (Å²) in [5, 5.41) is 1.22. The number of nitrogens with zero attached hydrogens (tertiary/aromatic N) is 2. The van der Waals surface area contributed by atoms with Crippen molar-refractivity contribution in [3.63, 3.8) is 0 Å². The van der Waals surface area contributed by atoms with Crippen molar-refractivity contribution in [3.05, 3.63) is 63.6 Å². The van der Waals surface area contributed by atoms with Crippen LogP contribution in [0, 0.1) is 6.92 Å². The molecule has 1 unspecified atom stereocenters. The third-order valence-electron chi connectivity index (χ3n) is 4.64. The molecule has 1 aliphatic rings. The van der Waals surface area contributed by atoms with E-state index in [1.807, 2.05) is 12.1 Å². The van der Waals surface area contributed by atoms with Gasteiger partial charge in [-0.25, -0.2) is 0 Å². The van der Waals surface area contributed by atoms with Gasteiger partial charge in [-0.3, -0.25) is 0 Å². The molecule has 2 aromatic rings. The van der Waals surface area contributed by atoms with Gasteiger partial charge in [0.2, 0.25) is 0 Å². The van der Waals surface area contributed by atoms with Gasteiger partial charge in [0.15, 0.2) is 0 Å². The molecule has 23 heavy (non-hydrogen) atoms. The minimum absolute atomic E-state index is 0.497. The van der Waals surface area contributed by atoms with E-state index in [0.717, 1.165) is 25.3 Å². The molecule has 122 valence electrons. The first kappa shape index (κ1) is 16.6. The number of likely N-dealkylation sites (N-methyl/N-ethyl adjacent to an activating group) is 1. The molecular formula is C19H22Cl2N2. The van der Waals surface area contributed by atoms with Crippen LogP contribution in [-0.2, 0) is 6.54 Å². The molecule has 0 aliphatic carbocycles. The maximum Gasteiger partial charge on any atom is 0.0612 e. The summed E-state index contributed by atoms with van der Waals surface area (Å²) in [6.07, 6.45) is 1.17. The lowest BCUT2D eigenvalue weighted by molar-refractivity contribution is 0.407. The fourth-order valence-corrected chi connectivity index (χ4v) is 3.52. The standard InChI is InChI=1S/C19H22Cl2N2/c1-14-5-3-4-6-15(14)12-23(17-9-10-22(2)13-17)16-7-8-18(20)19(21)11-16/h3-8,11,17H,9-10,12-13H2,1-2H3. The van der Waals surface area contributed by atoms with E-state index in [4.69, 9.17) is 23.2 Å². The van der Waals surface area contributed by atoms with Crippen molar-refractivity contribution in [2.75, 3.05) is 25.0 Å². The first-order valence-corrected chi connectivity index (χ1v) is 8.75. The van der Waals surface area contributed by atoms with Crippen molar-refractivity contribution in [1.82, 2.24) is 4.90 Å². The van der Waals surface area contributed by atoms with Crippen LogP contribution in [0.15, 0.2) is 42.5 Å². The number of hydrogen-bond donors (Lipinski definition) is 0. The van der Waals surface area contributed by atoms with Gasteiger partial charge in [0.1, 0.15) is 0 Å². The molecule has 4 heteroatoms. The summed E-state index contributed by atoms with van der Waals surface area (Å²) in [5.41, 5.74) is 3.82. The van der Waals surface area contributed by atoms with E-state index in [1.54, 1.807) is 0 Å². The Bertz CT molecular complexity index is 687. The number of likely N-dealkylation sites (tertiary alicyclic amines) is 1. The van der Waals surface area contributed by atoms with Crippen molar-refractivity contribution < 1.29 is 0 Å². The molecule has 0 spiro atoms. The lowest BCUT2D eigenvalue weighted by atomic mass is 10.1. The summed E-state index contributed by atoms with van der Waals surface area (Å²) in [6.45, 7) is 5.27. The molecule has 3 rings (SSSR count). The van der Waals surface area contributed by atoms with Gasteiger partial charge < -0.3 is 9.80 Å². The number of aryl methyl sites for hydroxylation is 1. The average Bonchev–Trinajstić information content (AvgIpc) is 2.96. The van der Waals surface area contributed by atoms with E-state index < -0.39 is 0 Å². The van der Waals surface area contributed by atoms with Gasteiger partial charge in [-0.05, 0) is 56.3 Å². The molecule has 1 saturated heterocycles. The minimum atomic E-state index is 0.497. The molecule has 1 aliphatic heterocycles. The number of benzene rings is 2. The van der Waals surface area contributed by atoms with Gasteiger partial charge in [-0.15, -0.1) is 0 Å². The minimum Gasteiger partial charge on any atom is -0.363 e. The summed E-state index contributed by atoms with van der Waals surface area (Å²) >= 11 is 12.4. The Balaban J connectivity index is 1.93. The molecule has 0 bridgehead atoms. The molecule has 0 saturated carbocycles. The van der Waals surface area contributed by atoms with Crippen LogP contribution in [-0.4, -0.2) is 31.1 Å². The van der Waals surface area contributed by atoms with E-state index in [-0.39, 0.29) is 0 Å². The smallest absolute Gasteiger partial charge is 0.0612 e. The van der Waals surface area contributed by atoms with Crippen LogP contribution in [0.25, 0.3) is 0 Å². The fraction of sp³-hybridized carbons (Fsp3) is 0.368. The number of hydrogen-bond acceptors (Lipinski definition) is 2. The largest absolute Gasteiger partial charge is 0.363 e. The molecule has 2 aromatic carbocycles. The normalized spacial score (nSPS) is 18.3. The summed E-state index contributed by atoms with van der Waals surface area (Å²) < 4.78 is 0. The second-order valence-electron chi connectivity index (χ2n) is 6.36. The Morgan fingerprint density at radius 1 is 1.13 bits per heavy atom. The quantitative estimate of drug-likeness (QED) is 0.765. The molecule has 1 heterocycles. The summed E-state index contributed by atoms with van der Waals surface area (Å²) in [7, 11) is 2.18. The van der Waals surface area contributed by atoms with E-state index in [1.165, 1.54) is 17.5 Å². The third kappa shape index (κ3) is 3.82. The lowest BCUT2D eigenvalue weighted by Crippen LogP contribution is -2.36. The van der Waals surface area contributed by atoms with Gasteiger partial charge >= 0.3 is 0 Å². The van der Waals surface area contributed by atoms with Crippen molar-refractivity contribution in [2.24, 2.45) is 0 Å². The van der Waals surface area contributed by atoms with Crippen LogP contribution in [0.2, 0.25) is 10.0 Å².